The summed E-state index contributed by atoms with van der Waals surface area (Å²) in [5.41, 5.74) is 22.8. The molecule has 8 aromatic carbocycles. The number of nitrogens with zero attached hydrogens (tertiary/aromatic N) is 1. The van der Waals surface area contributed by atoms with E-state index in [9.17, 15) is 0 Å². The Labute approximate surface area is 317 Å². The van der Waals surface area contributed by atoms with Crippen molar-refractivity contribution in [3.63, 3.8) is 0 Å². The zero-order valence-electron chi connectivity index (χ0n) is 30.8. The van der Waals surface area contributed by atoms with Crippen molar-refractivity contribution < 1.29 is 0 Å². The molecule has 0 saturated heterocycles. The zero-order valence-corrected chi connectivity index (χ0v) is 30.8. The minimum Gasteiger partial charge on any atom is -0.310 e. The van der Waals surface area contributed by atoms with E-state index >= 15 is 0 Å². The molecule has 0 aromatic heterocycles. The third kappa shape index (κ3) is 4.10. The Hall–Kier alpha value is -6.44. The van der Waals surface area contributed by atoms with Crippen molar-refractivity contribution in [2.24, 2.45) is 0 Å². The molecule has 0 atom stereocenters. The maximum atomic E-state index is 2.50. The van der Waals surface area contributed by atoms with Gasteiger partial charge in [0.05, 0.1) is 5.41 Å². The van der Waals surface area contributed by atoms with E-state index in [1.54, 1.807) is 0 Å². The predicted octanol–water partition coefficient (Wildman–Crippen LogP) is 13.8. The van der Waals surface area contributed by atoms with E-state index in [-0.39, 0.29) is 5.41 Å². The molecule has 0 fully saturated rings. The van der Waals surface area contributed by atoms with Crippen molar-refractivity contribution >= 4 is 17.1 Å². The maximum Gasteiger partial charge on any atom is 0.0726 e. The molecule has 0 bridgehead atoms. The Bertz CT molecular complexity index is 2750. The first kappa shape index (κ1) is 31.1. The minimum absolute atomic E-state index is 0.108. The molecular weight excluding hydrogens is 651 g/mol. The average molecular weight is 690 g/mol. The number of rotatable bonds is 4. The van der Waals surface area contributed by atoms with Gasteiger partial charge in [-0.2, -0.15) is 0 Å². The highest BCUT2D eigenvalue weighted by atomic mass is 15.1. The molecule has 1 nitrogen and oxygen atoms in total. The molecule has 0 saturated carbocycles. The molecule has 0 N–H and O–H groups in total. The first-order valence-corrected chi connectivity index (χ1v) is 19.1. The average Bonchev–Trinajstić information content (AvgIpc) is 3.77. The Balaban J connectivity index is 1.15. The lowest BCUT2D eigenvalue weighted by molar-refractivity contribution is 0.660. The van der Waals surface area contributed by atoms with Crippen LogP contribution in [0, 0.1) is 6.92 Å². The summed E-state index contributed by atoms with van der Waals surface area (Å²) in [5.74, 6) is 0. The summed E-state index contributed by atoms with van der Waals surface area (Å²) in [6, 6.07) is 68.3. The molecule has 0 amide bonds. The van der Waals surface area contributed by atoms with Gasteiger partial charge in [0.25, 0.3) is 0 Å². The smallest absolute Gasteiger partial charge is 0.0726 e. The summed E-state index contributed by atoms with van der Waals surface area (Å²) >= 11 is 0. The van der Waals surface area contributed by atoms with Crippen molar-refractivity contribution in [2.75, 3.05) is 4.90 Å². The zero-order chi connectivity index (χ0) is 36.2. The van der Waals surface area contributed by atoms with Crippen molar-refractivity contribution in [1.82, 2.24) is 0 Å². The van der Waals surface area contributed by atoms with Crippen LogP contribution in [0.15, 0.2) is 182 Å². The molecule has 0 unspecified atom stereocenters. The summed E-state index contributed by atoms with van der Waals surface area (Å²) in [4.78, 5) is 2.48. The monoisotopic (exact) mass is 689 g/mol. The van der Waals surface area contributed by atoms with Crippen LogP contribution in [0.1, 0.15) is 52.8 Å². The van der Waals surface area contributed by atoms with Crippen LogP contribution in [0.5, 0.6) is 0 Å². The van der Waals surface area contributed by atoms with Gasteiger partial charge in [0.15, 0.2) is 0 Å². The van der Waals surface area contributed by atoms with Crippen LogP contribution in [0.3, 0.4) is 0 Å². The van der Waals surface area contributed by atoms with E-state index in [1.807, 2.05) is 0 Å². The fourth-order valence-corrected chi connectivity index (χ4v) is 10.2. The van der Waals surface area contributed by atoms with Crippen molar-refractivity contribution in [3.05, 3.63) is 221 Å². The second-order valence-corrected chi connectivity index (χ2v) is 15.7. The molecule has 3 aliphatic carbocycles. The highest BCUT2D eigenvalue weighted by Gasteiger charge is 2.51. The minimum atomic E-state index is -0.406. The van der Waals surface area contributed by atoms with Crippen LogP contribution >= 0.6 is 0 Å². The van der Waals surface area contributed by atoms with Gasteiger partial charge in [0.1, 0.15) is 0 Å². The van der Waals surface area contributed by atoms with Crippen LogP contribution in [-0.2, 0) is 10.8 Å². The van der Waals surface area contributed by atoms with Crippen LogP contribution < -0.4 is 4.90 Å². The molecule has 0 heterocycles. The Morgan fingerprint density at radius 2 is 0.722 bits per heavy atom. The molecule has 54 heavy (non-hydrogen) atoms. The summed E-state index contributed by atoms with van der Waals surface area (Å²) in [7, 11) is 0. The third-order valence-electron chi connectivity index (χ3n) is 12.6. The van der Waals surface area contributed by atoms with Crippen LogP contribution in [-0.4, -0.2) is 0 Å². The highest BCUT2D eigenvalue weighted by molar-refractivity contribution is 5.96. The molecular formula is C53H39N. The van der Waals surface area contributed by atoms with Gasteiger partial charge in [0, 0.05) is 22.5 Å². The third-order valence-corrected chi connectivity index (χ3v) is 12.6. The predicted molar refractivity (Wildman–Crippen MR) is 225 cm³/mol. The standard InChI is InChI=1S/C53H39N/c1-34-14-4-5-15-39(34)35-24-26-36(27-25-35)54(37-28-30-44-40-16-6-10-20-46(40)52(2,3)50(44)32-37)38-29-31-45-43-19-9-13-23-49(43)53(51(45)33-38)47-21-11-7-17-41(47)42-18-8-12-22-48(42)53/h4-33H,1-3H3. The quantitative estimate of drug-likeness (QED) is 0.178. The van der Waals surface area contributed by atoms with E-state index in [2.05, 4.69) is 208 Å². The van der Waals surface area contributed by atoms with Crippen molar-refractivity contribution in [2.45, 2.75) is 31.6 Å². The van der Waals surface area contributed by atoms with Crippen molar-refractivity contribution in [3.8, 4) is 44.5 Å². The molecule has 3 aliphatic rings. The van der Waals surface area contributed by atoms with Gasteiger partial charge in [-0.25, -0.2) is 0 Å². The van der Waals surface area contributed by atoms with E-state index in [4.69, 9.17) is 0 Å². The number of aryl methyl sites for hydroxylation is 1. The Morgan fingerprint density at radius 3 is 1.26 bits per heavy atom. The van der Waals surface area contributed by atoms with Crippen LogP contribution in [0.25, 0.3) is 44.5 Å². The van der Waals surface area contributed by atoms with E-state index < -0.39 is 5.41 Å². The molecule has 256 valence electrons. The van der Waals surface area contributed by atoms with E-state index in [0.717, 1.165) is 17.1 Å². The molecule has 11 rings (SSSR count). The molecule has 0 radical (unpaired) electrons. The maximum absolute atomic E-state index is 2.50. The van der Waals surface area contributed by atoms with Gasteiger partial charge in [-0.05, 0) is 127 Å². The van der Waals surface area contributed by atoms with Gasteiger partial charge >= 0.3 is 0 Å². The normalized spacial score (nSPS) is 14.5. The topological polar surface area (TPSA) is 3.24 Å². The summed E-state index contributed by atoms with van der Waals surface area (Å²) < 4.78 is 0. The number of benzene rings is 8. The van der Waals surface area contributed by atoms with Gasteiger partial charge in [-0.3, -0.25) is 0 Å². The summed E-state index contributed by atoms with van der Waals surface area (Å²) in [5, 5.41) is 0. The number of hydrogen-bond donors (Lipinski definition) is 0. The second-order valence-electron chi connectivity index (χ2n) is 15.7. The summed E-state index contributed by atoms with van der Waals surface area (Å²) in [6.45, 7) is 6.93. The lowest BCUT2D eigenvalue weighted by Gasteiger charge is -2.32. The lowest BCUT2D eigenvalue weighted by Crippen LogP contribution is -2.26. The van der Waals surface area contributed by atoms with E-state index in [1.165, 1.54) is 83.5 Å². The van der Waals surface area contributed by atoms with Gasteiger partial charge in [0.2, 0.25) is 0 Å². The number of anilines is 3. The number of fused-ring (bicyclic) bond motifs is 13. The van der Waals surface area contributed by atoms with Crippen molar-refractivity contribution in [1.29, 1.82) is 0 Å². The van der Waals surface area contributed by atoms with E-state index in [0.29, 0.717) is 0 Å². The number of hydrogen-bond acceptors (Lipinski definition) is 1. The first-order chi connectivity index (χ1) is 26.5. The molecule has 8 aromatic rings. The largest absolute Gasteiger partial charge is 0.310 e. The Kier molecular flexibility index (Phi) is 6.50. The first-order valence-electron chi connectivity index (χ1n) is 19.1. The SMILES string of the molecule is Cc1ccccc1-c1ccc(N(c2ccc3c(c2)C(C)(C)c2ccccc2-3)c2ccc3c(c2)C2(c4ccccc4-c4ccccc42)c2ccccc2-3)cc1. The van der Waals surface area contributed by atoms with Crippen LogP contribution in [0.2, 0.25) is 0 Å². The Morgan fingerprint density at radius 1 is 0.333 bits per heavy atom. The highest BCUT2D eigenvalue weighted by Crippen LogP contribution is 2.63. The van der Waals surface area contributed by atoms with Gasteiger partial charge in [-0.1, -0.05) is 159 Å². The fourth-order valence-electron chi connectivity index (χ4n) is 10.2. The molecule has 0 aliphatic heterocycles. The summed E-state index contributed by atoms with van der Waals surface area (Å²) in [6.07, 6.45) is 0. The molecule has 1 spiro atoms. The lowest BCUT2D eigenvalue weighted by atomic mass is 9.70. The van der Waals surface area contributed by atoms with Gasteiger partial charge in [-0.15, -0.1) is 0 Å². The second kappa shape index (κ2) is 11.3. The van der Waals surface area contributed by atoms with Gasteiger partial charge < -0.3 is 4.90 Å². The fraction of sp³-hybridized carbons (Fsp3) is 0.0943. The van der Waals surface area contributed by atoms with Crippen LogP contribution in [0.4, 0.5) is 17.1 Å². The molecule has 1 heteroatoms.